The van der Waals surface area contributed by atoms with E-state index in [-0.39, 0.29) is 11.5 Å². The highest BCUT2D eigenvalue weighted by molar-refractivity contribution is 8.00. The van der Waals surface area contributed by atoms with Crippen LogP contribution in [-0.4, -0.2) is 27.7 Å². The first-order chi connectivity index (χ1) is 7.13. The lowest BCUT2D eigenvalue weighted by Crippen LogP contribution is -2.15. The van der Waals surface area contributed by atoms with Gasteiger partial charge in [-0.25, -0.2) is 4.79 Å². The molecule has 0 saturated heterocycles. The van der Waals surface area contributed by atoms with Crippen molar-refractivity contribution < 1.29 is 15.1 Å². The molecule has 2 N–H and O–H groups in total. The number of hydrogen-bond acceptors (Lipinski definition) is 4. The summed E-state index contributed by atoms with van der Waals surface area (Å²) >= 11 is 1.32. The maximum atomic E-state index is 10.5. The molecule has 0 fully saturated rings. The first kappa shape index (κ1) is 11.6. The molecule has 80 valence electrons. The zero-order chi connectivity index (χ0) is 11.3. The summed E-state index contributed by atoms with van der Waals surface area (Å²) in [5, 5.41) is 19.7. The highest BCUT2D eigenvalue weighted by Gasteiger charge is 2.10. The molecule has 1 rings (SSSR count). The Kier molecular flexibility index (Phi) is 4.17. The van der Waals surface area contributed by atoms with Crippen LogP contribution in [0.25, 0.3) is 0 Å². The number of thioether (sulfide) groups is 1. The van der Waals surface area contributed by atoms with Crippen molar-refractivity contribution in [2.45, 2.75) is 11.8 Å². The van der Waals surface area contributed by atoms with Gasteiger partial charge in [-0.3, -0.25) is 0 Å². The molecule has 0 heterocycles. The average Bonchev–Trinajstić information content (AvgIpc) is 2.21. The number of rotatable bonds is 4. The third-order valence-electron chi connectivity index (χ3n) is 1.76. The van der Waals surface area contributed by atoms with Gasteiger partial charge in [0, 0.05) is 4.90 Å². The number of carboxylic acids is 1. The lowest BCUT2D eigenvalue weighted by molar-refractivity contribution is -0.129. The molecule has 0 radical (unpaired) electrons. The minimum atomic E-state index is -1.20. The van der Waals surface area contributed by atoms with Crippen molar-refractivity contribution in [2.75, 3.05) is 5.75 Å². The molecule has 5 heteroatoms. The maximum Gasteiger partial charge on any atom is 0.354 e. The predicted octanol–water partition coefficient (Wildman–Crippen LogP) is 2.00. The summed E-state index contributed by atoms with van der Waals surface area (Å²) in [6.07, 6.45) is 0. The van der Waals surface area contributed by atoms with Crippen LogP contribution < -0.4 is 0 Å². The minimum Gasteiger partial charge on any atom is -0.477 e. The summed E-state index contributed by atoms with van der Waals surface area (Å²) < 4.78 is 0. The Hall–Kier alpha value is -1.49. The van der Waals surface area contributed by atoms with Gasteiger partial charge in [0.1, 0.15) is 0 Å². The van der Waals surface area contributed by atoms with Crippen molar-refractivity contribution in [2.24, 2.45) is 5.16 Å². The Bertz CT molecular complexity index is 373. The summed E-state index contributed by atoms with van der Waals surface area (Å²) in [5.74, 6) is -1.05. The number of nitrogens with zero attached hydrogens (tertiary/aromatic N) is 1. The normalized spacial score (nSPS) is 11.4. The van der Waals surface area contributed by atoms with Crippen LogP contribution in [0.5, 0.6) is 0 Å². The molecular weight excluding hydrogens is 214 g/mol. The quantitative estimate of drug-likeness (QED) is 0.356. The van der Waals surface area contributed by atoms with E-state index in [1.165, 1.54) is 11.8 Å². The van der Waals surface area contributed by atoms with Gasteiger partial charge in [-0.2, -0.15) is 0 Å². The molecule has 0 aliphatic heterocycles. The second-order valence-corrected chi connectivity index (χ2v) is 4.00. The van der Waals surface area contributed by atoms with E-state index in [0.717, 1.165) is 10.5 Å². The zero-order valence-corrected chi connectivity index (χ0v) is 8.99. The fourth-order valence-corrected chi connectivity index (χ4v) is 1.73. The van der Waals surface area contributed by atoms with Gasteiger partial charge < -0.3 is 10.3 Å². The minimum absolute atomic E-state index is 0.148. The van der Waals surface area contributed by atoms with Crippen LogP contribution in [0.1, 0.15) is 5.56 Å². The first-order valence-corrected chi connectivity index (χ1v) is 5.25. The molecule has 1 aromatic carbocycles. The number of aryl methyl sites for hydroxylation is 1. The standard InChI is InChI=1S/C10H11NO3S/c1-7-2-4-8(5-3-7)15-6-9(11-14)10(12)13/h2-5,14H,6H2,1H3,(H,12,13). The SMILES string of the molecule is Cc1ccc(SCC(=NO)C(=O)O)cc1. The number of carbonyl (C=O) groups is 1. The van der Waals surface area contributed by atoms with Crippen LogP contribution in [0.4, 0.5) is 0 Å². The largest absolute Gasteiger partial charge is 0.477 e. The van der Waals surface area contributed by atoms with Crippen LogP contribution >= 0.6 is 11.8 Å². The van der Waals surface area contributed by atoms with E-state index in [2.05, 4.69) is 5.16 Å². The molecule has 0 amide bonds. The van der Waals surface area contributed by atoms with Crippen molar-refractivity contribution in [1.29, 1.82) is 0 Å². The van der Waals surface area contributed by atoms with Gasteiger partial charge in [0.05, 0.1) is 5.75 Å². The number of carboxylic acid groups (broad SMARTS) is 1. The molecule has 1 aromatic rings. The Balaban J connectivity index is 2.57. The van der Waals surface area contributed by atoms with Gasteiger partial charge in [0.15, 0.2) is 5.71 Å². The molecule has 0 aliphatic rings. The Labute approximate surface area is 91.6 Å². The molecule has 0 saturated carbocycles. The van der Waals surface area contributed by atoms with Gasteiger partial charge in [0.25, 0.3) is 0 Å². The molecule has 0 spiro atoms. The number of benzene rings is 1. The maximum absolute atomic E-state index is 10.5. The fourth-order valence-electron chi connectivity index (χ4n) is 0.920. The monoisotopic (exact) mass is 225 g/mol. The van der Waals surface area contributed by atoms with E-state index in [9.17, 15) is 4.79 Å². The molecule has 4 nitrogen and oxygen atoms in total. The van der Waals surface area contributed by atoms with Gasteiger partial charge in [-0.15, -0.1) is 11.8 Å². The molecular formula is C10H11NO3S. The van der Waals surface area contributed by atoms with Crippen LogP contribution in [0, 0.1) is 6.92 Å². The molecule has 15 heavy (non-hydrogen) atoms. The second-order valence-electron chi connectivity index (χ2n) is 2.95. The summed E-state index contributed by atoms with van der Waals surface area (Å²) in [5.41, 5.74) is 0.897. The highest BCUT2D eigenvalue weighted by atomic mass is 32.2. The van der Waals surface area contributed by atoms with Gasteiger partial charge in [0.2, 0.25) is 0 Å². The summed E-state index contributed by atoms with van der Waals surface area (Å²) in [4.78, 5) is 11.4. The van der Waals surface area contributed by atoms with E-state index < -0.39 is 5.97 Å². The Morgan fingerprint density at radius 2 is 2.00 bits per heavy atom. The van der Waals surface area contributed by atoms with E-state index in [1.807, 2.05) is 31.2 Å². The van der Waals surface area contributed by atoms with Crippen molar-refractivity contribution in [3.63, 3.8) is 0 Å². The van der Waals surface area contributed by atoms with E-state index in [1.54, 1.807) is 0 Å². The number of oxime groups is 1. The lowest BCUT2D eigenvalue weighted by Gasteiger charge is -2.00. The Morgan fingerprint density at radius 1 is 1.40 bits per heavy atom. The second kappa shape index (κ2) is 5.41. The summed E-state index contributed by atoms with van der Waals surface area (Å²) in [6, 6.07) is 7.69. The van der Waals surface area contributed by atoms with Crippen molar-refractivity contribution in [1.82, 2.24) is 0 Å². The average molecular weight is 225 g/mol. The van der Waals surface area contributed by atoms with Crippen molar-refractivity contribution >= 4 is 23.4 Å². The molecule has 0 aliphatic carbocycles. The smallest absolute Gasteiger partial charge is 0.354 e. The van der Waals surface area contributed by atoms with Gasteiger partial charge in [-0.1, -0.05) is 22.9 Å². The van der Waals surface area contributed by atoms with Crippen LogP contribution in [0.2, 0.25) is 0 Å². The number of hydrogen-bond donors (Lipinski definition) is 2. The van der Waals surface area contributed by atoms with E-state index in [0.29, 0.717) is 0 Å². The Morgan fingerprint density at radius 3 is 2.47 bits per heavy atom. The van der Waals surface area contributed by atoms with Crippen molar-refractivity contribution in [3.05, 3.63) is 29.8 Å². The van der Waals surface area contributed by atoms with Gasteiger partial charge >= 0.3 is 5.97 Å². The third kappa shape index (κ3) is 3.63. The summed E-state index contributed by atoms with van der Waals surface area (Å²) in [6.45, 7) is 1.98. The van der Waals surface area contributed by atoms with E-state index >= 15 is 0 Å². The molecule has 0 unspecified atom stereocenters. The van der Waals surface area contributed by atoms with Crippen molar-refractivity contribution in [3.8, 4) is 0 Å². The van der Waals surface area contributed by atoms with Crippen LogP contribution in [0.3, 0.4) is 0 Å². The topological polar surface area (TPSA) is 69.9 Å². The van der Waals surface area contributed by atoms with Crippen LogP contribution in [0.15, 0.2) is 34.3 Å². The third-order valence-corrected chi connectivity index (χ3v) is 2.79. The fraction of sp³-hybridized carbons (Fsp3) is 0.200. The predicted molar refractivity (Wildman–Crippen MR) is 58.8 cm³/mol. The zero-order valence-electron chi connectivity index (χ0n) is 8.17. The van der Waals surface area contributed by atoms with Crippen LogP contribution in [-0.2, 0) is 4.79 Å². The molecule has 0 atom stereocenters. The van der Waals surface area contributed by atoms with Gasteiger partial charge in [-0.05, 0) is 19.1 Å². The summed E-state index contributed by atoms with van der Waals surface area (Å²) in [7, 11) is 0. The lowest BCUT2D eigenvalue weighted by atomic mass is 10.2. The first-order valence-electron chi connectivity index (χ1n) is 4.27. The highest BCUT2D eigenvalue weighted by Crippen LogP contribution is 2.18. The molecule has 0 aromatic heterocycles. The number of aliphatic carboxylic acids is 1. The van der Waals surface area contributed by atoms with E-state index in [4.69, 9.17) is 10.3 Å². The molecule has 0 bridgehead atoms.